The number of fused-ring (bicyclic) bond motifs is 1. The molecule has 0 radical (unpaired) electrons. The summed E-state index contributed by atoms with van der Waals surface area (Å²) in [6, 6.07) is 12.4. The van der Waals surface area contributed by atoms with Crippen LogP contribution in [0, 0.1) is 0 Å². The van der Waals surface area contributed by atoms with E-state index in [1.165, 1.54) is 0 Å². The highest BCUT2D eigenvalue weighted by molar-refractivity contribution is 5.79. The number of nitrogens with zero attached hydrogens (tertiary/aromatic N) is 6. The smallest absolute Gasteiger partial charge is 0.136 e. The van der Waals surface area contributed by atoms with Gasteiger partial charge in [-0.05, 0) is 57.0 Å². The number of anilines is 2. The third-order valence-electron chi connectivity index (χ3n) is 6.18. The molecule has 0 unspecified atom stereocenters. The SMILES string of the molecule is C=C(C)N1C[C@H](c2nc(Nc3ccc4nccnc4c3)cc(-c3cccnc3)n2)CC[C@@H]1C. The number of hydrogen-bond acceptors (Lipinski definition) is 7. The molecule has 2 atom stereocenters. The van der Waals surface area contributed by atoms with Crippen molar-refractivity contribution >= 4 is 22.5 Å². The van der Waals surface area contributed by atoms with Crippen molar-refractivity contribution in [2.75, 3.05) is 11.9 Å². The molecule has 1 saturated heterocycles. The Kier molecular flexibility index (Phi) is 5.69. The van der Waals surface area contributed by atoms with Crippen LogP contribution in [0.1, 0.15) is 38.4 Å². The van der Waals surface area contributed by atoms with Gasteiger partial charge >= 0.3 is 0 Å². The highest BCUT2D eigenvalue weighted by atomic mass is 15.2. The lowest BCUT2D eigenvalue weighted by molar-refractivity contribution is 0.186. The number of benzene rings is 1. The lowest BCUT2D eigenvalue weighted by atomic mass is 9.92. The van der Waals surface area contributed by atoms with Crippen LogP contribution in [0.3, 0.4) is 0 Å². The molecule has 1 aromatic carbocycles. The van der Waals surface area contributed by atoms with E-state index in [1.807, 2.05) is 42.6 Å². The number of allylic oxidation sites excluding steroid dienone is 1. The van der Waals surface area contributed by atoms with Gasteiger partial charge in [0.15, 0.2) is 0 Å². The number of nitrogens with one attached hydrogen (secondary N) is 1. The Morgan fingerprint density at radius 1 is 1.03 bits per heavy atom. The first-order valence-electron chi connectivity index (χ1n) is 11.3. The Morgan fingerprint density at radius 2 is 1.88 bits per heavy atom. The first kappa shape index (κ1) is 21.0. The number of rotatable bonds is 5. The lowest BCUT2D eigenvalue weighted by Crippen LogP contribution is -2.39. The highest BCUT2D eigenvalue weighted by Crippen LogP contribution is 2.32. The fraction of sp³-hybridized carbons (Fsp3) is 0.269. The third kappa shape index (κ3) is 4.53. The molecule has 166 valence electrons. The number of hydrogen-bond donors (Lipinski definition) is 1. The van der Waals surface area contributed by atoms with Crippen molar-refractivity contribution in [1.82, 2.24) is 29.8 Å². The summed E-state index contributed by atoms with van der Waals surface area (Å²) < 4.78 is 0. The molecule has 3 aromatic heterocycles. The summed E-state index contributed by atoms with van der Waals surface area (Å²) in [4.78, 5) is 25.3. The van der Waals surface area contributed by atoms with E-state index in [0.717, 1.165) is 64.7 Å². The van der Waals surface area contributed by atoms with Gasteiger partial charge in [0.1, 0.15) is 11.6 Å². The fourth-order valence-corrected chi connectivity index (χ4v) is 4.41. The zero-order valence-electron chi connectivity index (χ0n) is 18.9. The van der Waals surface area contributed by atoms with Crippen LogP contribution >= 0.6 is 0 Å². The maximum Gasteiger partial charge on any atom is 0.136 e. The molecule has 0 aliphatic carbocycles. The van der Waals surface area contributed by atoms with Gasteiger partial charge in [-0.25, -0.2) is 9.97 Å². The summed E-state index contributed by atoms with van der Waals surface area (Å²) in [5.74, 6) is 1.83. The molecule has 0 saturated carbocycles. The molecule has 4 aromatic rings. The molecule has 5 rings (SSSR count). The standard InChI is InChI=1S/C26H27N7/c1-17(2)33-16-20(7-6-18(33)3)26-31-23(19-5-4-10-27-15-19)14-25(32-26)30-21-8-9-22-24(13-21)29-12-11-28-22/h4-5,8-15,18,20H,1,6-7,16H2,2-3H3,(H,30,31,32)/t18-,20+/m0/s1. The fourth-order valence-electron chi connectivity index (χ4n) is 4.41. The molecular weight excluding hydrogens is 410 g/mol. The predicted molar refractivity (Wildman–Crippen MR) is 131 cm³/mol. The maximum absolute atomic E-state index is 4.97. The summed E-state index contributed by atoms with van der Waals surface area (Å²) >= 11 is 0. The predicted octanol–water partition coefficient (Wildman–Crippen LogP) is 5.33. The first-order chi connectivity index (χ1) is 16.1. The molecule has 0 spiro atoms. The van der Waals surface area contributed by atoms with Crippen LogP contribution in [0.5, 0.6) is 0 Å². The molecule has 1 fully saturated rings. The van der Waals surface area contributed by atoms with Gasteiger partial charge in [0, 0.05) is 66.3 Å². The van der Waals surface area contributed by atoms with Crippen LogP contribution in [0.15, 0.2) is 73.5 Å². The molecule has 4 heterocycles. The number of aromatic nitrogens is 5. The Hall–Kier alpha value is -3.87. The Balaban J connectivity index is 1.52. The lowest BCUT2D eigenvalue weighted by Gasteiger charge is -2.39. The maximum atomic E-state index is 4.97. The van der Waals surface area contributed by atoms with Crippen LogP contribution < -0.4 is 5.32 Å². The van der Waals surface area contributed by atoms with Crippen molar-refractivity contribution in [3.05, 3.63) is 79.3 Å². The first-order valence-corrected chi connectivity index (χ1v) is 11.3. The molecule has 33 heavy (non-hydrogen) atoms. The van der Waals surface area contributed by atoms with E-state index < -0.39 is 0 Å². The summed E-state index contributed by atoms with van der Waals surface area (Å²) in [5, 5.41) is 3.46. The van der Waals surface area contributed by atoms with Crippen molar-refractivity contribution in [3.63, 3.8) is 0 Å². The minimum Gasteiger partial charge on any atom is -0.372 e. The molecule has 0 bridgehead atoms. The molecule has 0 amide bonds. The Morgan fingerprint density at radius 3 is 2.67 bits per heavy atom. The Labute approximate surface area is 193 Å². The average molecular weight is 438 g/mol. The number of piperidine rings is 1. The van der Waals surface area contributed by atoms with Gasteiger partial charge < -0.3 is 10.2 Å². The summed E-state index contributed by atoms with van der Waals surface area (Å²) in [7, 11) is 0. The van der Waals surface area contributed by atoms with Gasteiger partial charge in [-0.3, -0.25) is 15.0 Å². The molecule has 1 N–H and O–H groups in total. The second kappa shape index (κ2) is 8.94. The largest absolute Gasteiger partial charge is 0.372 e. The second-order valence-electron chi connectivity index (χ2n) is 8.63. The zero-order valence-corrected chi connectivity index (χ0v) is 18.9. The second-order valence-corrected chi connectivity index (χ2v) is 8.63. The van der Waals surface area contributed by atoms with Gasteiger partial charge in [-0.1, -0.05) is 6.58 Å². The Bertz CT molecular complexity index is 1290. The van der Waals surface area contributed by atoms with Crippen molar-refractivity contribution in [1.29, 1.82) is 0 Å². The van der Waals surface area contributed by atoms with Crippen molar-refractivity contribution in [2.45, 2.75) is 38.6 Å². The highest BCUT2D eigenvalue weighted by Gasteiger charge is 2.28. The van der Waals surface area contributed by atoms with E-state index in [4.69, 9.17) is 9.97 Å². The molecule has 7 nitrogen and oxygen atoms in total. The zero-order chi connectivity index (χ0) is 22.8. The van der Waals surface area contributed by atoms with Gasteiger partial charge in [0.25, 0.3) is 0 Å². The van der Waals surface area contributed by atoms with Crippen LogP contribution in [0.4, 0.5) is 11.5 Å². The van der Waals surface area contributed by atoms with Crippen LogP contribution in [-0.2, 0) is 0 Å². The molecule has 1 aliphatic rings. The van der Waals surface area contributed by atoms with Gasteiger partial charge in [-0.15, -0.1) is 0 Å². The van der Waals surface area contributed by atoms with Crippen LogP contribution in [-0.4, -0.2) is 42.4 Å². The van der Waals surface area contributed by atoms with Crippen LogP contribution in [0.2, 0.25) is 0 Å². The van der Waals surface area contributed by atoms with E-state index >= 15 is 0 Å². The molecule has 7 heteroatoms. The van der Waals surface area contributed by atoms with E-state index in [0.29, 0.717) is 6.04 Å². The van der Waals surface area contributed by atoms with Crippen LogP contribution in [0.25, 0.3) is 22.3 Å². The summed E-state index contributed by atoms with van der Waals surface area (Å²) in [6.45, 7) is 9.38. The minimum atomic E-state index is 0.234. The van der Waals surface area contributed by atoms with Crippen molar-refractivity contribution in [3.8, 4) is 11.3 Å². The van der Waals surface area contributed by atoms with E-state index in [2.05, 4.69) is 45.6 Å². The van der Waals surface area contributed by atoms with Gasteiger partial charge in [0.2, 0.25) is 0 Å². The molecule has 1 aliphatic heterocycles. The number of likely N-dealkylation sites (tertiary alicyclic amines) is 1. The third-order valence-corrected chi connectivity index (χ3v) is 6.18. The van der Waals surface area contributed by atoms with Crippen molar-refractivity contribution in [2.24, 2.45) is 0 Å². The van der Waals surface area contributed by atoms with Gasteiger partial charge in [0.05, 0.1) is 16.7 Å². The quantitative estimate of drug-likeness (QED) is 0.452. The van der Waals surface area contributed by atoms with E-state index in [9.17, 15) is 0 Å². The number of pyridine rings is 1. The summed E-state index contributed by atoms with van der Waals surface area (Å²) in [6.07, 6.45) is 9.15. The minimum absolute atomic E-state index is 0.234. The van der Waals surface area contributed by atoms with Gasteiger partial charge in [-0.2, -0.15) is 0 Å². The average Bonchev–Trinajstić information content (AvgIpc) is 2.84. The monoisotopic (exact) mass is 437 g/mol. The van der Waals surface area contributed by atoms with E-state index in [1.54, 1.807) is 18.6 Å². The molecular formula is C26H27N7. The topological polar surface area (TPSA) is 79.7 Å². The normalized spacial score (nSPS) is 18.3. The van der Waals surface area contributed by atoms with E-state index in [-0.39, 0.29) is 5.92 Å². The van der Waals surface area contributed by atoms with Crippen molar-refractivity contribution < 1.29 is 0 Å². The summed E-state index contributed by atoms with van der Waals surface area (Å²) in [5.41, 5.74) is 5.52.